The van der Waals surface area contributed by atoms with Crippen LogP contribution >= 0.6 is 0 Å². The highest BCUT2D eigenvalue weighted by atomic mass is 16.6. The van der Waals surface area contributed by atoms with Crippen molar-refractivity contribution in [1.82, 2.24) is 0 Å². The van der Waals surface area contributed by atoms with Gasteiger partial charge in [0.15, 0.2) is 12.4 Å². The molecule has 7 nitrogen and oxygen atoms in total. The Hall–Kier alpha value is -2.12. The summed E-state index contributed by atoms with van der Waals surface area (Å²) in [5, 5.41) is 10.2. The molecule has 0 aliphatic carbocycles. The van der Waals surface area contributed by atoms with Crippen molar-refractivity contribution in [2.45, 2.75) is 13.0 Å². The molecule has 0 bridgehead atoms. The maximum atomic E-state index is 11.3. The van der Waals surface area contributed by atoms with Crippen LogP contribution in [0.5, 0.6) is 5.75 Å². The molecule has 2 rings (SSSR count). The second-order valence-electron chi connectivity index (χ2n) is 4.02. The number of rotatable bonds is 3. The third-order valence-electron chi connectivity index (χ3n) is 2.70. The zero-order valence-corrected chi connectivity index (χ0v) is 10.3. The van der Waals surface area contributed by atoms with E-state index in [2.05, 4.69) is 0 Å². The Labute approximate surface area is 109 Å². The summed E-state index contributed by atoms with van der Waals surface area (Å²) < 4.78 is 10.4. The number of nitrogens with two attached hydrogens (primary N) is 1. The molecule has 0 saturated carbocycles. The first-order valence-corrected chi connectivity index (χ1v) is 5.69. The van der Waals surface area contributed by atoms with Crippen LogP contribution in [-0.2, 0) is 14.3 Å². The number of esters is 1. The lowest BCUT2D eigenvalue weighted by molar-refractivity contribution is -0.146. The number of amides is 1. The van der Waals surface area contributed by atoms with E-state index in [1.54, 1.807) is 12.1 Å². The number of carbonyl (C=O) groups excluding carboxylic acids is 2. The Morgan fingerprint density at radius 3 is 3.00 bits per heavy atom. The number of fused-ring (bicyclic) bond motifs is 1. The van der Waals surface area contributed by atoms with Gasteiger partial charge in [0.2, 0.25) is 0 Å². The SMILES string of the molecule is CC(=O)O[C@H](CN)c1cccc2c1OCC(=O)N2O. The molecule has 0 radical (unpaired) electrons. The Morgan fingerprint density at radius 2 is 2.37 bits per heavy atom. The zero-order valence-electron chi connectivity index (χ0n) is 10.3. The summed E-state index contributed by atoms with van der Waals surface area (Å²) in [6.45, 7) is 1.07. The van der Waals surface area contributed by atoms with E-state index in [4.69, 9.17) is 15.2 Å². The number of anilines is 1. The molecular formula is C12H14N2O5. The molecule has 1 aromatic carbocycles. The summed E-state index contributed by atoms with van der Waals surface area (Å²) in [7, 11) is 0. The lowest BCUT2D eigenvalue weighted by Gasteiger charge is -2.27. The third kappa shape index (κ3) is 2.51. The number of hydrogen-bond donors (Lipinski definition) is 2. The lowest BCUT2D eigenvalue weighted by atomic mass is 10.1. The molecule has 0 unspecified atom stereocenters. The van der Waals surface area contributed by atoms with Crippen LogP contribution in [0.15, 0.2) is 18.2 Å². The van der Waals surface area contributed by atoms with E-state index in [0.717, 1.165) is 0 Å². The molecule has 3 N–H and O–H groups in total. The van der Waals surface area contributed by atoms with Crippen molar-refractivity contribution in [2.75, 3.05) is 18.2 Å². The summed E-state index contributed by atoms with van der Waals surface area (Å²) in [6, 6.07) is 4.81. The molecule has 1 heterocycles. The standard InChI is InChI=1S/C12H14N2O5/c1-7(15)19-10(5-13)8-3-2-4-9-12(8)18-6-11(16)14(9)17/h2-4,10,17H,5-6,13H2,1H3/t10-/m1/s1. The molecule has 0 saturated heterocycles. The molecule has 7 heteroatoms. The Morgan fingerprint density at radius 1 is 1.63 bits per heavy atom. The van der Waals surface area contributed by atoms with Gasteiger partial charge in [0.05, 0.1) is 0 Å². The maximum Gasteiger partial charge on any atom is 0.303 e. The minimum absolute atomic E-state index is 0.0682. The number of carbonyl (C=O) groups is 2. The number of ether oxygens (including phenoxy) is 2. The quantitative estimate of drug-likeness (QED) is 0.605. The number of nitrogens with zero attached hydrogens (tertiary/aromatic N) is 1. The van der Waals surface area contributed by atoms with Gasteiger partial charge in [-0.15, -0.1) is 0 Å². The van der Waals surface area contributed by atoms with Gasteiger partial charge in [-0.05, 0) is 6.07 Å². The van der Waals surface area contributed by atoms with Gasteiger partial charge < -0.3 is 15.2 Å². The summed E-state index contributed by atoms with van der Waals surface area (Å²) >= 11 is 0. The van der Waals surface area contributed by atoms with E-state index < -0.39 is 18.0 Å². The van der Waals surface area contributed by atoms with Crippen LogP contribution < -0.4 is 15.5 Å². The Kier molecular flexibility index (Phi) is 3.68. The largest absolute Gasteiger partial charge is 0.481 e. The number of benzene rings is 1. The average Bonchev–Trinajstić information content (AvgIpc) is 2.39. The highest BCUT2D eigenvalue weighted by molar-refractivity contribution is 5.96. The number of para-hydroxylation sites is 1. The van der Waals surface area contributed by atoms with Crippen LogP contribution in [0.1, 0.15) is 18.6 Å². The highest BCUT2D eigenvalue weighted by Gasteiger charge is 2.29. The van der Waals surface area contributed by atoms with Gasteiger partial charge in [-0.3, -0.25) is 14.8 Å². The summed E-state index contributed by atoms with van der Waals surface area (Å²) in [6.07, 6.45) is -0.686. The minimum Gasteiger partial charge on any atom is -0.481 e. The number of hydrogen-bond acceptors (Lipinski definition) is 6. The topological polar surface area (TPSA) is 102 Å². The Balaban J connectivity index is 2.42. The molecule has 19 heavy (non-hydrogen) atoms. The zero-order chi connectivity index (χ0) is 14.0. The number of hydroxylamine groups is 1. The van der Waals surface area contributed by atoms with Crippen molar-refractivity contribution >= 4 is 17.6 Å². The molecule has 102 valence electrons. The van der Waals surface area contributed by atoms with E-state index in [9.17, 15) is 14.8 Å². The van der Waals surface area contributed by atoms with Crippen molar-refractivity contribution in [2.24, 2.45) is 5.73 Å². The normalized spacial score (nSPS) is 15.5. The summed E-state index contributed by atoms with van der Waals surface area (Å²) in [5.41, 5.74) is 6.30. The van der Waals surface area contributed by atoms with Gasteiger partial charge >= 0.3 is 5.97 Å². The molecule has 1 aromatic rings. The molecular weight excluding hydrogens is 252 g/mol. The summed E-state index contributed by atoms with van der Waals surface area (Å²) in [4.78, 5) is 22.4. The Bertz CT molecular complexity index is 517. The van der Waals surface area contributed by atoms with E-state index in [1.165, 1.54) is 13.0 Å². The van der Waals surface area contributed by atoms with Gasteiger partial charge in [0, 0.05) is 19.0 Å². The van der Waals surface area contributed by atoms with E-state index in [0.29, 0.717) is 16.4 Å². The molecule has 1 aliphatic heterocycles. The van der Waals surface area contributed by atoms with Crippen LogP contribution in [0.25, 0.3) is 0 Å². The third-order valence-corrected chi connectivity index (χ3v) is 2.70. The summed E-state index contributed by atoms with van der Waals surface area (Å²) in [5.74, 6) is -0.747. The van der Waals surface area contributed by atoms with E-state index in [-0.39, 0.29) is 18.8 Å². The van der Waals surface area contributed by atoms with Crippen LogP contribution in [0, 0.1) is 0 Å². The molecule has 1 aliphatic rings. The van der Waals surface area contributed by atoms with Crippen LogP contribution in [-0.4, -0.2) is 30.2 Å². The van der Waals surface area contributed by atoms with E-state index >= 15 is 0 Å². The van der Waals surface area contributed by atoms with Crippen LogP contribution in [0.4, 0.5) is 5.69 Å². The fourth-order valence-corrected chi connectivity index (χ4v) is 1.89. The van der Waals surface area contributed by atoms with Gasteiger partial charge in [-0.25, -0.2) is 0 Å². The van der Waals surface area contributed by atoms with Crippen molar-refractivity contribution < 1.29 is 24.3 Å². The van der Waals surface area contributed by atoms with Gasteiger partial charge in [0.25, 0.3) is 5.91 Å². The second-order valence-corrected chi connectivity index (χ2v) is 4.02. The average molecular weight is 266 g/mol. The van der Waals surface area contributed by atoms with Crippen molar-refractivity contribution in [3.8, 4) is 5.75 Å². The predicted molar refractivity (Wildman–Crippen MR) is 64.8 cm³/mol. The lowest BCUT2D eigenvalue weighted by Crippen LogP contribution is -2.36. The fraction of sp³-hybridized carbons (Fsp3) is 0.333. The first kappa shape index (κ1) is 13.3. The van der Waals surface area contributed by atoms with Crippen LogP contribution in [0.2, 0.25) is 0 Å². The first-order valence-electron chi connectivity index (χ1n) is 5.69. The minimum atomic E-state index is -0.686. The van der Waals surface area contributed by atoms with Crippen molar-refractivity contribution in [3.05, 3.63) is 23.8 Å². The van der Waals surface area contributed by atoms with Crippen LogP contribution in [0.3, 0.4) is 0 Å². The molecule has 0 spiro atoms. The fourth-order valence-electron chi connectivity index (χ4n) is 1.89. The molecule has 1 amide bonds. The predicted octanol–water partition coefficient (Wildman–Crippen LogP) is 0.364. The molecule has 0 fully saturated rings. The monoisotopic (exact) mass is 266 g/mol. The first-order chi connectivity index (χ1) is 9.04. The van der Waals surface area contributed by atoms with Gasteiger partial charge in [-0.1, -0.05) is 12.1 Å². The highest BCUT2D eigenvalue weighted by Crippen LogP contribution is 2.38. The van der Waals surface area contributed by atoms with Gasteiger partial charge in [-0.2, -0.15) is 5.06 Å². The molecule has 0 aromatic heterocycles. The molecule has 1 atom stereocenters. The van der Waals surface area contributed by atoms with E-state index in [1.807, 2.05) is 0 Å². The second kappa shape index (κ2) is 5.25. The van der Waals surface area contributed by atoms with Crippen molar-refractivity contribution in [3.63, 3.8) is 0 Å². The van der Waals surface area contributed by atoms with Gasteiger partial charge in [0.1, 0.15) is 11.8 Å². The van der Waals surface area contributed by atoms with Crippen molar-refractivity contribution in [1.29, 1.82) is 0 Å². The maximum absolute atomic E-state index is 11.3. The smallest absolute Gasteiger partial charge is 0.303 e.